The molecular weight excluding hydrogens is 511 g/mol. The van der Waals surface area contributed by atoms with Crippen LogP contribution in [0.1, 0.15) is 38.8 Å². The Morgan fingerprint density at radius 2 is 1.40 bits per heavy atom. The van der Waals surface area contributed by atoms with Crippen LogP contribution >= 0.6 is 34.8 Å². The van der Waals surface area contributed by atoms with Gasteiger partial charge in [-0.25, -0.2) is 4.79 Å². The molecule has 2 N–H and O–H groups in total. The Labute approximate surface area is 218 Å². The van der Waals surface area contributed by atoms with Gasteiger partial charge in [0, 0.05) is 12.1 Å². The molecule has 0 aliphatic heterocycles. The topological polar surface area (TPSA) is 84.5 Å². The van der Waals surface area contributed by atoms with Crippen molar-refractivity contribution in [2.75, 3.05) is 11.9 Å². The predicted octanol–water partition coefficient (Wildman–Crippen LogP) is 6.11. The van der Waals surface area contributed by atoms with Crippen LogP contribution < -0.4 is 10.6 Å². The predicted molar refractivity (Wildman–Crippen MR) is 139 cm³/mol. The van der Waals surface area contributed by atoms with Gasteiger partial charge in [0.1, 0.15) is 6.04 Å². The summed E-state index contributed by atoms with van der Waals surface area (Å²) in [7, 11) is 0. The number of hydrogen-bond acceptors (Lipinski definition) is 4. The second kappa shape index (κ2) is 12.1. The highest BCUT2D eigenvalue weighted by atomic mass is 35.5. The first-order valence-electron chi connectivity index (χ1n) is 10.8. The van der Waals surface area contributed by atoms with Crippen LogP contribution in [0.2, 0.25) is 15.1 Å². The minimum absolute atomic E-state index is 0.173. The second-order valence-electron chi connectivity index (χ2n) is 7.66. The van der Waals surface area contributed by atoms with Gasteiger partial charge in [-0.05, 0) is 55.3 Å². The summed E-state index contributed by atoms with van der Waals surface area (Å²) in [5.41, 5.74) is 2.43. The van der Waals surface area contributed by atoms with Crippen LogP contribution in [0.25, 0.3) is 0 Å². The molecule has 0 fully saturated rings. The maximum absolute atomic E-state index is 12.9. The minimum atomic E-state index is -0.930. The van der Waals surface area contributed by atoms with Crippen molar-refractivity contribution in [3.8, 4) is 0 Å². The third kappa shape index (κ3) is 6.75. The van der Waals surface area contributed by atoms with Gasteiger partial charge in [0.2, 0.25) is 0 Å². The summed E-state index contributed by atoms with van der Waals surface area (Å²) < 4.78 is 5.15. The zero-order valence-electron chi connectivity index (χ0n) is 19.0. The smallest absolute Gasteiger partial charge is 0.328 e. The van der Waals surface area contributed by atoms with Gasteiger partial charge < -0.3 is 15.4 Å². The highest BCUT2D eigenvalue weighted by Gasteiger charge is 2.25. The first kappa shape index (κ1) is 26.5. The number of amides is 2. The summed E-state index contributed by atoms with van der Waals surface area (Å²) in [6.45, 7) is 3.63. The van der Waals surface area contributed by atoms with Crippen molar-refractivity contribution < 1.29 is 19.1 Å². The van der Waals surface area contributed by atoms with Crippen LogP contribution in [0, 0.1) is 6.92 Å². The molecule has 35 heavy (non-hydrogen) atoms. The number of aryl methyl sites for hydroxylation is 1. The average Bonchev–Trinajstić information content (AvgIpc) is 2.80. The first-order valence-corrected chi connectivity index (χ1v) is 11.9. The number of nitrogens with one attached hydrogen (secondary N) is 2. The first-order chi connectivity index (χ1) is 16.7. The number of anilines is 1. The molecule has 0 bridgehead atoms. The number of halogens is 3. The van der Waals surface area contributed by atoms with E-state index < -0.39 is 23.8 Å². The molecule has 6 nitrogen and oxygen atoms in total. The highest BCUT2D eigenvalue weighted by molar-refractivity contribution is 6.40. The SMILES string of the molecule is CCOC(=O)C(Cc1ccc(NC(=O)c2c(Cl)cccc2Cl)cc1)NC(=O)c1c(C)cccc1Cl. The van der Waals surface area contributed by atoms with Crippen LogP contribution in [0.15, 0.2) is 60.7 Å². The van der Waals surface area contributed by atoms with E-state index in [1.165, 1.54) is 0 Å². The largest absolute Gasteiger partial charge is 0.464 e. The van der Waals surface area contributed by atoms with Crippen molar-refractivity contribution in [1.29, 1.82) is 0 Å². The van der Waals surface area contributed by atoms with Crippen molar-refractivity contribution in [2.45, 2.75) is 26.3 Å². The lowest BCUT2D eigenvalue weighted by Gasteiger charge is -2.19. The summed E-state index contributed by atoms with van der Waals surface area (Å²) in [6.07, 6.45) is 0.179. The maximum Gasteiger partial charge on any atom is 0.328 e. The molecule has 3 aromatic rings. The molecule has 0 aliphatic rings. The molecule has 1 unspecified atom stereocenters. The molecule has 9 heteroatoms. The molecule has 1 atom stereocenters. The van der Waals surface area contributed by atoms with Crippen molar-refractivity contribution >= 4 is 58.3 Å². The normalized spacial score (nSPS) is 11.5. The Morgan fingerprint density at radius 1 is 0.829 bits per heavy atom. The Morgan fingerprint density at radius 3 is 1.97 bits per heavy atom. The highest BCUT2D eigenvalue weighted by Crippen LogP contribution is 2.25. The van der Waals surface area contributed by atoms with Gasteiger partial charge in [-0.2, -0.15) is 0 Å². The van der Waals surface area contributed by atoms with Crippen molar-refractivity contribution in [2.24, 2.45) is 0 Å². The molecule has 182 valence electrons. The molecule has 0 radical (unpaired) electrons. The third-order valence-corrected chi connectivity index (χ3v) is 6.11. The third-order valence-electron chi connectivity index (χ3n) is 5.17. The number of benzene rings is 3. The van der Waals surface area contributed by atoms with E-state index in [1.54, 1.807) is 74.5 Å². The lowest BCUT2D eigenvalue weighted by molar-refractivity contribution is -0.145. The zero-order valence-corrected chi connectivity index (χ0v) is 21.3. The van der Waals surface area contributed by atoms with E-state index in [2.05, 4.69) is 10.6 Å². The fourth-order valence-corrected chi connectivity index (χ4v) is 4.33. The summed E-state index contributed by atoms with van der Waals surface area (Å²) in [6, 6.07) is 15.9. The lowest BCUT2D eigenvalue weighted by atomic mass is 10.0. The molecule has 2 amide bonds. The number of rotatable bonds is 8. The maximum atomic E-state index is 12.9. The Hall–Kier alpha value is -3.06. The summed E-state index contributed by atoms with van der Waals surface area (Å²) in [5, 5.41) is 6.26. The van der Waals surface area contributed by atoms with Crippen LogP contribution in [-0.2, 0) is 16.0 Å². The molecule has 0 heterocycles. The van der Waals surface area contributed by atoms with Gasteiger partial charge in [0.05, 0.1) is 32.8 Å². The van der Waals surface area contributed by atoms with Gasteiger partial charge >= 0.3 is 5.97 Å². The van der Waals surface area contributed by atoms with Crippen molar-refractivity contribution in [3.05, 3.63) is 98.0 Å². The van der Waals surface area contributed by atoms with Crippen molar-refractivity contribution in [1.82, 2.24) is 5.32 Å². The number of carbonyl (C=O) groups excluding carboxylic acids is 3. The van der Waals surface area contributed by atoms with E-state index in [9.17, 15) is 14.4 Å². The van der Waals surface area contributed by atoms with E-state index >= 15 is 0 Å². The van der Waals surface area contributed by atoms with Gasteiger partial charge in [0.25, 0.3) is 11.8 Å². The lowest BCUT2D eigenvalue weighted by Crippen LogP contribution is -2.43. The molecule has 0 saturated heterocycles. The van der Waals surface area contributed by atoms with Crippen molar-refractivity contribution in [3.63, 3.8) is 0 Å². The number of ether oxygens (including phenoxy) is 1. The minimum Gasteiger partial charge on any atom is -0.464 e. The summed E-state index contributed by atoms with van der Waals surface area (Å²) >= 11 is 18.4. The van der Waals surface area contributed by atoms with E-state index in [4.69, 9.17) is 39.5 Å². The summed E-state index contributed by atoms with van der Waals surface area (Å²) in [5.74, 6) is -1.47. The fourth-order valence-electron chi connectivity index (χ4n) is 3.45. The van der Waals surface area contributed by atoms with Gasteiger partial charge in [-0.1, -0.05) is 65.1 Å². The van der Waals surface area contributed by atoms with Crippen LogP contribution in [0.4, 0.5) is 5.69 Å². The van der Waals surface area contributed by atoms with E-state index in [0.717, 1.165) is 5.56 Å². The quantitative estimate of drug-likeness (QED) is 0.342. The van der Waals surface area contributed by atoms with Gasteiger partial charge in [-0.3, -0.25) is 9.59 Å². The average molecular weight is 534 g/mol. The number of esters is 1. The molecule has 0 aliphatic carbocycles. The van der Waals surface area contributed by atoms with Crippen LogP contribution in [0.3, 0.4) is 0 Å². The van der Waals surface area contributed by atoms with Crippen LogP contribution in [-0.4, -0.2) is 30.4 Å². The fraction of sp³-hybridized carbons (Fsp3) is 0.192. The van der Waals surface area contributed by atoms with Crippen LogP contribution in [0.5, 0.6) is 0 Å². The Balaban J connectivity index is 1.74. The molecule has 0 saturated carbocycles. The van der Waals surface area contributed by atoms with Gasteiger partial charge in [0.15, 0.2) is 0 Å². The molecule has 0 spiro atoms. The molecular formula is C26H23Cl3N2O4. The standard InChI is InChI=1S/C26H23Cl3N2O4/c1-3-35-26(34)21(31-24(32)22-15(2)6-4-7-18(22)27)14-16-10-12-17(13-11-16)30-25(33)23-19(28)8-5-9-20(23)29/h4-13,21H,3,14H2,1-2H3,(H,30,33)(H,31,32). The Kier molecular flexibility index (Phi) is 9.15. The van der Waals surface area contributed by atoms with E-state index in [-0.39, 0.29) is 28.6 Å². The molecule has 3 aromatic carbocycles. The number of carbonyl (C=O) groups is 3. The molecule has 3 rings (SSSR count). The monoisotopic (exact) mass is 532 g/mol. The zero-order chi connectivity index (χ0) is 25.5. The second-order valence-corrected chi connectivity index (χ2v) is 8.88. The van der Waals surface area contributed by atoms with E-state index in [1.807, 2.05) is 0 Å². The summed E-state index contributed by atoms with van der Waals surface area (Å²) in [4.78, 5) is 38.0. The molecule has 0 aromatic heterocycles. The number of hydrogen-bond donors (Lipinski definition) is 2. The Bertz CT molecular complexity index is 1210. The van der Waals surface area contributed by atoms with Gasteiger partial charge in [-0.15, -0.1) is 0 Å². The van der Waals surface area contributed by atoms with E-state index in [0.29, 0.717) is 21.8 Å².